The van der Waals surface area contributed by atoms with Gasteiger partial charge in [0, 0.05) is 31.0 Å². The van der Waals surface area contributed by atoms with E-state index in [-0.39, 0.29) is 30.6 Å². The Morgan fingerprint density at radius 1 is 1.10 bits per heavy atom. The summed E-state index contributed by atoms with van der Waals surface area (Å²) in [5.74, 6) is 0.471. The van der Waals surface area contributed by atoms with Gasteiger partial charge in [-0.25, -0.2) is 0 Å². The van der Waals surface area contributed by atoms with Crippen molar-refractivity contribution >= 4 is 11.7 Å². The average Bonchev–Trinajstić information content (AvgIpc) is 2.44. The molecule has 1 amide bonds. The third-order valence-corrected chi connectivity index (χ3v) is 3.26. The van der Waals surface area contributed by atoms with Crippen molar-refractivity contribution in [3.05, 3.63) is 35.4 Å². The molecule has 0 aromatic heterocycles. The maximum atomic E-state index is 12.0. The van der Waals surface area contributed by atoms with E-state index in [0.717, 1.165) is 6.42 Å². The highest BCUT2D eigenvalue weighted by atomic mass is 16.2. The quantitative estimate of drug-likeness (QED) is 0.722. The number of hydrogen-bond donors (Lipinski definition) is 2. The van der Waals surface area contributed by atoms with E-state index in [1.165, 1.54) is 5.56 Å². The molecule has 0 aliphatic carbocycles. The van der Waals surface area contributed by atoms with Crippen LogP contribution in [-0.2, 0) is 11.2 Å². The second-order valence-electron chi connectivity index (χ2n) is 5.92. The fourth-order valence-corrected chi connectivity index (χ4v) is 2.08. The SMILES string of the molecule is CC(C)Cc1ccc(C(=O)CCC(=O)N[C@@H](C)CN)cc1. The van der Waals surface area contributed by atoms with Gasteiger partial charge in [0.15, 0.2) is 5.78 Å². The minimum absolute atomic E-state index is 0.00153. The van der Waals surface area contributed by atoms with Crippen LogP contribution in [0.5, 0.6) is 0 Å². The second-order valence-corrected chi connectivity index (χ2v) is 5.92. The number of Topliss-reactive ketones (excluding diaryl/α,β-unsaturated/α-hetero) is 1. The van der Waals surface area contributed by atoms with Gasteiger partial charge < -0.3 is 11.1 Å². The summed E-state index contributed by atoms with van der Waals surface area (Å²) in [5, 5.41) is 2.75. The van der Waals surface area contributed by atoms with Gasteiger partial charge in [0.25, 0.3) is 0 Å². The van der Waals surface area contributed by atoms with Gasteiger partial charge in [-0.05, 0) is 24.8 Å². The Hall–Kier alpha value is -1.68. The summed E-state index contributed by atoms with van der Waals surface area (Å²) in [7, 11) is 0. The van der Waals surface area contributed by atoms with Crippen LogP contribution in [-0.4, -0.2) is 24.3 Å². The molecular formula is C17H26N2O2. The lowest BCUT2D eigenvalue weighted by molar-refractivity contribution is -0.121. The number of benzene rings is 1. The molecule has 0 saturated carbocycles. The predicted octanol–water partition coefficient (Wildman–Crippen LogP) is 2.31. The van der Waals surface area contributed by atoms with E-state index >= 15 is 0 Å². The van der Waals surface area contributed by atoms with Crippen molar-refractivity contribution in [3.63, 3.8) is 0 Å². The number of amides is 1. The van der Waals surface area contributed by atoms with Crippen molar-refractivity contribution in [1.29, 1.82) is 0 Å². The normalized spacial score (nSPS) is 12.2. The topological polar surface area (TPSA) is 72.2 Å². The molecule has 4 nitrogen and oxygen atoms in total. The van der Waals surface area contributed by atoms with E-state index in [0.29, 0.717) is 18.0 Å². The molecule has 116 valence electrons. The third kappa shape index (κ3) is 6.54. The number of carbonyl (C=O) groups is 2. The van der Waals surface area contributed by atoms with E-state index in [4.69, 9.17) is 5.73 Å². The molecule has 0 bridgehead atoms. The molecule has 1 aromatic rings. The molecule has 0 heterocycles. The van der Waals surface area contributed by atoms with E-state index in [2.05, 4.69) is 19.2 Å². The van der Waals surface area contributed by atoms with Crippen LogP contribution in [0.15, 0.2) is 24.3 Å². The molecule has 0 aliphatic rings. The van der Waals surface area contributed by atoms with Gasteiger partial charge in [-0.3, -0.25) is 9.59 Å². The summed E-state index contributed by atoms with van der Waals surface area (Å²) in [5.41, 5.74) is 7.34. The molecular weight excluding hydrogens is 264 g/mol. The molecule has 1 rings (SSSR count). The number of nitrogens with one attached hydrogen (secondary N) is 1. The summed E-state index contributed by atoms with van der Waals surface area (Å²) in [6.45, 7) is 6.57. The molecule has 4 heteroatoms. The molecule has 0 radical (unpaired) electrons. The van der Waals surface area contributed by atoms with E-state index in [1.807, 2.05) is 31.2 Å². The highest BCUT2D eigenvalue weighted by Gasteiger charge is 2.11. The maximum absolute atomic E-state index is 12.0. The standard InChI is InChI=1S/C17H26N2O2/c1-12(2)10-14-4-6-15(7-5-14)16(20)8-9-17(21)19-13(3)11-18/h4-7,12-13H,8-11,18H2,1-3H3,(H,19,21)/t13-/m0/s1. The highest BCUT2D eigenvalue weighted by Crippen LogP contribution is 2.12. The first-order chi connectivity index (χ1) is 9.92. The number of ketones is 1. The lowest BCUT2D eigenvalue weighted by Gasteiger charge is -2.11. The minimum Gasteiger partial charge on any atom is -0.352 e. The zero-order valence-corrected chi connectivity index (χ0v) is 13.2. The first-order valence-electron chi connectivity index (χ1n) is 7.54. The van der Waals surface area contributed by atoms with Crippen LogP contribution in [0.4, 0.5) is 0 Å². The van der Waals surface area contributed by atoms with Crippen molar-refractivity contribution in [2.75, 3.05) is 6.54 Å². The molecule has 0 unspecified atom stereocenters. The maximum Gasteiger partial charge on any atom is 0.220 e. The molecule has 3 N–H and O–H groups in total. The summed E-state index contributed by atoms with van der Waals surface area (Å²) in [4.78, 5) is 23.6. The average molecular weight is 290 g/mol. The molecule has 0 fully saturated rings. The van der Waals surface area contributed by atoms with Gasteiger partial charge >= 0.3 is 0 Å². The van der Waals surface area contributed by atoms with Crippen molar-refractivity contribution in [2.45, 2.75) is 46.1 Å². The summed E-state index contributed by atoms with van der Waals surface area (Å²) in [6.07, 6.45) is 1.44. The van der Waals surface area contributed by atoms with Gasteiger partial charge in [0.1, 0.15) is 0 Å². The molecule has 1 atom stereocenters. The van der Waals surface area contributed by atoms with Crippen LogP contribution in [0.1, 0.15) is 49.5 Å². The van der Waals surface area contributed by atoms with Crippen LogP contribution in [0.2, 0.25) is 0 Å². The lowest BCUT2D eigenvalue weighted by atomic mass is 9.99. The van der Waals surface area contributed by atoms with Crippen molar-refractivity contribution in [1.82, 2.24) is 5.32 Å². The van der Waals surface area contributed by atoms with Gasteiger partial charge in [0.2, 0.25) is 5.91 Å². The van der Waals surface area contributed by atoms with Crippen LogP contribution >= 0.6 is 0 Å². The fraction of sp³-hybridized carbons (Fsp3) is 0.529. The largest absolute Gasteiger partial charge is 0.352 e. The number of hydrogen-bond acceptors (Lipinski definition) is 3. The number of nitrogens with two attached hydrogens (primary N) is 1. The van der Waals surface area contributed by atoms with Crippen LogP contribution in [0, 0.1) is 5.92 Å². The van der Waals surface area contributed by atoms with Crippen molar-refractivity contribution < 1.29 is 9.59 Å². The molecule has 0 aliphatic heterocycles. The number of rotatable bonds is 8. The molecule has 0 saturated heterocycles. The zero-order valence-electron chi connectivity index (χ0n) is 13.2. The summed E-state index contributed by atoms with van der Waals surface area (Å²) >= 11 is 0. The Balaban J connectivity index is 2.46. The summed E-state index contributed by atoms with van der Waals surface area (Å²) in [6, 6.07) is 7.62. The van der Waals surface area contributed by atoms with E-state index in [1.54, 1.807) is 0 Å². The molecule has 1 aromatic carbocycles. The van der Waals surface area contributed by atoms with Crippen molar-refractivity contribution in [2.24, 2.45) is 11.7 Å². The number of carbonyl (C=O) groups excluding carboxylic acids is 2. The Kier molecular flexibility index (Phi) is 7.09. The minimum atomic E-state index is -0.127. The second kappa shape index (κ2) is 8.57. The first-order valence-corrected chi connectivity index (χ1v) is 7.54. The summed E-state index contributed by atoms with van der Waals surface area (Å²) < 4.78 is 0. The van der Waals surface area contributed by atoms with E-state index < -0.39 is 0 Å². The Morgan fingerprint density at radius 2 is 1.71 bits per heavy atom. The Bertz CT molecular complexity index is 466. The van der Waals surface area contributed by atoms with Crippen LogP contribution in [0.25, 0.3) is 0 Å². The van der Waals surface area contributed by atoms with Gasteiger partial charge in [-0.15, -0.1) is 0 Å². The fourth-order valence-electron chi connectivity index (χ4n) is 2.08. The molecule has 21 heavy (non-hydrogen) atoms. The highest BCUT2D eigenvalue weighted by molar-refractivity contribution is 5.97. The molecule has 0 spiro atoms. The smallest absolute Gasteiger partial charge is 0.220 e. The van der Waals surface area contributed by atoms with Gasteiger partial charge in [-0.2, -0.15) is 0 Å². The van der Waals surface area contributed by atoms with Gasteiger partial charge in [0.05, 0.1) is 0 Å². The predicted molar refractivity (Wildman–Crippen MR) is 85.2 cm³/mol. The van der Waals surface area contributed by atoms with Crippen LogP contribution < -0.4 is 11.1 Å². The first kappa shape index (κ1) is 17.4. The van der Waals surface area contributed by atoms with Crippen LogP contribution in [0.3, 0.4) is 0 Å². The van der Waals surface area contributed by atoms with E-state index in [9.17, 15) is 9.59 Å². The van der Waals surface area contributed by atoms with Crippen molar-refractivity contribution in [3.8, 4) is 0 Å². The lowest BCUT2D eigenvalue weighted by Crippen LogP contribution is -2.37. The van der Waals surface area contributed by atoms with Gasteiger partial charge in [-0.1, -0.05) is 38.1 Å². The Labute approximate surface area is 127 Å². The third-order valence-electron chi connectivity index (χ3n) is 3.26. The zero-order chi connectivity index (χ0) is 15.8. The monoisotopic (exact) mass is 290 g/mol. The Morgan fingerprint density at radius 3 is 2.24 bits per heavy atom.